The third-order valence-corrected chi connectivity index (χ3v) is 3.53. The molecule has 5 nitrogen and oxygen atoms in total. The molecule has 2 N–H and O–H groups in total. The molecule has 2 amide bonds. The van der Waals surface area contributed by atoms with Crippen molar-refractivity contribution in [3.63, 3.8) is 0 Å². The number of nitrogens with zero attached hydrogens (tertiary/aromatic N) is 1. The highest BCUT2D eigenvalue weighted by atomic mass is 19.2. The lowest BCUT2D eigenvalue weighted by Crippen LogP contribution is -2.40. The Balaban J connectivity index is 2.10. The molecule has 1 saturated heterocycles. The molecule has 1 fully saturated rings. The van der Waals surface area contributed by atoms with Crippen molar-refractivity contribution in [3.05, 3.63) is 29.8 Å². The maximum Gasteiger partial charge on any atom is 0.322 e. The van der Waals surface area contributed by atoms with E-state index in [1.807, 2.05) is 0 Å². The molecule has 20 heavy (non-hydrogen) atoms. The van der Waals surface area contributed by atoms with E-state index in [0.717, 1.165) is 6.07 Å². The van der Waals surface area contributed by atoms with Gasteiger partial charge in [-0.1, -0.05) is 6.07 Å². The van der Waals surface area contributed by atoms with Crippen LogP contribution in [0.15, 0.2) is 18.2 Å². The summed E-state index contributed by atoms with van der Waals surface area (Å²) in [5.74, 6) is -3.80. The average Bonchev–Trinajstić information content (AvgIpc) is 2.77. The molecule has 7 heteroatoms. The van der Waals surface area contributed by atoms with Crippen molar-refractivity contribution in [2.45, 2.75) is 19.4 Å². The molecule has 1 heterocycles. The lowest BCUT2D eigenvalue weighted by molar-refractivity contribution is -0.142. The van der Waals surface area contributed by atoms with Crippen LogP contribution in [0.2, 0.25) is 0 Å². The van der Waals surface area contributed by atoms with Crippen molar-refractivity contribution in [2.24, 2.45) is 5.92 Å². The van der Waals surface area contributed by atoms with Crippen LogP contribution in [0.25, 0.3) is 0 Å². The molecule has 1 aromatic carbocycles. The zero-order chi connectivity index (χ0) is 14.9. The number of amides is 2. The minimum atomic E-state index is -1.14. The molecular weight excluding hydrogens is 270 g/mol. The first-order chi connectivity index (χ1) is 9.41. The second kappa shape index (κ2) is 5.44. The second-order valence-corrected chi connectivity index (χ2v) is 4.70. The number of hydrogen-bond donors (Lipinski definition) is 2. The van der Waals surface area contributed by atoms with Crippen LogP contribution in [0, 0.1) is 17.6 Å². The van der Waals surface area contributed by atoms with Gasteiger partial charge in [-0.05, 0) is 25.5 Å². The van der Waals surface area contributed by atoms with E-state index < -0.39 is 35.6 Å². The van der Waals surface area contributed by atoms with E-state index in [1.165, 1.54) is 17.0 Å². The highest BCUT2D eigenvalue weighted by Crippen LogP contribution is 2.25. The molecule has 1 aliphatic heterocycles. The molecule has 0 aliphatic carbocycles. The molecule has 0 saturated carbocycles. The van der Waals surface area contributed by atoms with Crippen LogP contribution in [-0.4, -0.2) is 34.6 Å². The summed E-state index contributed by atoms with van der Waals surface area (Å²) >= 11 is 0. The van der Waals surface area contributed by atoms with Crippen LogP contribution in [0.3, 0.4) is 0 Å². The summed E-state index contributed by atoms with van der Waals surface area (Å²) in [6, 6.07) is 2.34. The lowest BCUT2D eigenvalue weighted by Gasteiger charge is -2.23. The van der Waals surface area contributed by atoms with Crippen molar-refractivity contribution in [3.8, 4) is 0 Å². The molecule has 0 bridgehead atoms. The highest BCUT2D eigenvalue weighted by Gasteiger charge is 2.38. The lowest BCUT2D eigenvalue weighted by atomic mass is 10.0. The second-order valence-electron chi connectivity index (χ2n) is 4.70. The molecule has 1 aliphatic rings. The van der Waals surface area contributed by atoms with Gasteiger partial charge in [0.25, 0.3) is 0 Å². The number of carboxylic acids is 1. The number of carbonyl (C=O) groups excluding carboxylic acids is 1. The number of nitrogens with one attached hydrogen (secondary N) is 1. The number of halogens is 2. The Morgan fingerprint density at radius 1 is 1.40 bits per heavy atom. The van der Waals surface area contributed by atoms with Crippen molar-refractivity contribution in [2.75, 3.05) is 11.9 Å². The Labute approximate surface area is 114 Å². The van der Waals surface area contributed by atoms with Gasteiger partial charge in [0.2, 0.25) is 0 Å². The Morgan fingerprint density at radius 3 is 2.70 bits per heavy atom. The summed E-state index contributed by atoms with van der Waals surface area (Å²) in [5, 5.41) is 11.2. The highest BCUT2D eigenvalue weighted by molar-refractivity contribution is 5.90. The summed E-state index contributed by atoms with van der Waals surface area (Å²) in [6.45, 7) is 1.88. The fraction of sp³-hybridized carbons (Fsp3) is 0.385. The van der Waals surface area contributed by atoms with Gasteiger partial charge in [-0.15, -0.1) is 0 Å². The quantitative estimate of drug-likeness (QED) is 0.875. The number of rotatable bonds is 2. The average molecular weight is 284 g/mol. The van der Waals surface area contributed by atoms with E-state index in [0.29, 0.717) is 6.42 Å². The third kappa shape index (κ3) is 2.56. The van der Waals surface area contributed by atoms with Crippen molar-refractivity contribution < 1.29 is 23.5 Å². The number of carbonyl (C=O) groups is 2. The van der Waals surface area contributed by atoms with E-state index in [1.54, 1.807) is 6.92 Å². The number of benzene rings is 1. The number of likely N-dealkylation sites (tertiary alicyclic amines) is 1. The van der Waals surface area contributed by atoms with Crippen LogP contribution in [-0.2, 0) is 4.79 Å². The van der Waals surface area contributed by atoms with Gasteiger partial charge < -0.3 is 15.3 Å². The van der Waals surface area contributed by atoms with Crippen molar-refractivity contribution in [1.29, 1.82) is 0 Å². The third-order valence-electron chi connectivity index (χ3n) is 3.53. The maximum atomic E-state index is 13.4. The number of carboxylic acid groups (broad SMARTS) is 1. The van der Waals surface area contributed by atoms with Crippen LogP contribution < -0.4 is 5.32 Å². The number of hydrogen-bond acceptors (Lipinski definition) is 2. The minimum absolute atomic E-state index is 0.263. The first-order valence-corrected chi connectivity index (χ1v) is 6.16. The van der Waals surface area contributed by atoms with Gasteiger partial charge in [0.15, 0.2) is 11.6 Å². The first-order valence-electron chi connectivity index (χ1n) is 6.16. The molecule has 1 aromatic rings. The van der Waals surface area contributed by atoms with Gasteiger partial charge in [0.05, 0.1) is 11.6 Å². The predicted molar refractivity (Wildman–Crippen MR) is 67.3 cm³/mol. The van der Waals surface area contributed by atoms with Crippen molar-refractivity contribution in [1.82, 2.24) is 4.90 Å². The summed E-state index contributed by atoms with van der Waals surface area (Å²) in [7, 11) is 0. The van der Waals surface area contributed by atoms with Gasteiger partial charge in [0.1, 0.15) is 0 Å². The number of aliphatic carboxylic acids is 1. The van der Waals surface area contributed by atoms with Gasteiger partial charge in [-0.2, -0.15) is 0 Å². The molecule has 108 valence electrons. The Hall–Kier alpha value is -2.18. The van der Waals surface area contributed by atoms with Crippen LogP contribution >= 0.6 is 0 Å². The van der Waals surface area contributed by atoms with E-state index >= 15 is 0 Å². The smallest absolute Gasteiger partial charge is 0.322 e. The zero-order valence-corrected chi connectivity index (χ0v) is 10.8. The molecule has 0 aromatic heterocycles. The van der Waals surface area contributed by atoms with Crippen molar-refractivity contribution >= 4 is 17.7 Å². The van der Waals surface area contributed by atoms with E-state index in [2.05, 4.69) is 5.32 Å². The summed E-state index contributed by atoms with van der Waals surface area (Å²) in [6.07, 6.45) is 0.343. The van der Waals surface area contributed by atoms with Crippen LogP contribution in [0.4, 0.5) is 19.3 Å². The molecule has 0 spiro atoms. The minimum Gasteiger partial charge on any atom is -0.481 e. The Morgan fingerprint density at radius 2 is 2.10 bits per heavy atom. The van der Waals surface area contributed by atoms with E-state index in [9.17, 15) is 18.4 Å². The van der Waals surface area contributed by atoms with Gasteiger partial charge in [-0.25, -0.2) is 13.6 Å². The van der Waals surface area contributed by atoms with Crippen LogP contribution in [0.5, 0.6) is 0 Å². The summed E-state index contributed by atoms with van der Waals surface area (Å²) < 4.78 is 26.5. The number of urea groups is 1. The Kier molecular flexibility index (Phi) is 3.87. The molecular formula is C13H14F2N2O3. The predicted octanol–water partition coefficient (Wildman–Crippen LogP) is 2.29. The molecule has 2 rings (SSSR count). The topological polar surface area (TPSA) is 69.6 Å². The normalized spacial score (nSPS) is 21.9. The standard InChI is InChI=1S/C13H14F2N2O3/c1-7-8(12(18)19)5-6-17(7)13(20)16-10-4-2-3-9(14)11(10)15/h2-4,7-8H,5-6H2,1H3,(H,16,20)(H,18,19). The molecule has 2 atom stereocenters. The van der Waals surface area contributed by atoms with E-state index in [-0.39, 0.29) is 12.2 Å². The SMILES string of the molecule is CC1C(C(=O)O)CCN1C(=O)Nc1cccc(F)c1F. The number of anilines is 1. The van der Waals surface area contributed by atoms with Gasteiger partial charge in [0, 0.05) is 12.6 Å². The Bertz CT molecular complexity index is 550. The largest absolute Gasteiger partial charge is 0.481 e. The fourth-order valence-electron chi connectivity index (χ4n) is 2.34. The van der Waals surface area contributed by atoms with E-state index in [4.69, 9.17) is 5.11 Å². The maximum absolute atomic E-state index is 13.4. The fourth-order valence-corrected chi connectivity index (χ4v) is 2.34. The molecule has 2 unspecified atom stereocenters. The molecule has 0 radical (unpaired) electrons. The zero-order valence-electron chi connectivity index (χ0n) is 10.8. The first kappa shape index (κ1) is 14.2. The summed E-state index contributed by atoms with van der Waals surface area (Å²) in [5.41, 5.74) is -0.263. The van der Waals surface area contributed by atoms with Gasteiger partial charge in [-0.3, -0.25) is 4.79 Å². The summed E-state index contributed by atoms with van der Waals surface area (Å²) in [4.78, 5) is 24.3. The van der Waals surface area contributed by atoms with Crippen LogP contribution in [0.1, 0.15) is 13.3 Å². The monoisotopic (exact) mass is 284 g/mol. The van der Waals surface area contributed by atoms with Gasteiger partial charge >= 0.3 is 12.0 Å².